The molecule has 2 fully saturated rings. The smallest absolute Gasteiger partial charge is 0.264 e. The molecular formula is C17H27N3O3S2. The third kappa shape index (κ3) is 4.07. The number of carbonyl (C=O) groups is 1. The summed E-state index contributed by atoms with van der Waals surface area (Å²) in [5.74, 6) is 0.518. The van der Waals surface area contributed by atoms with E-state index in [0.717, 1.165) is 43.6 Å². The highest BCUT2D eigenvalue weighted by atomic mass is 32.2. The summed E-state index contributed by atoms with van der Waals surface area (Å²) in [6.07, 6.45) is 3.84. The number of sulfonamides is 1. The summed E-state index contributed by atoms with van der Waals surface area (Å²) in [7, 11) is -1.56. The molecule has 3 heterocycles. The maximum absolute atomic E-state index is 12.8. The highest BCUT2D eigenvalue weighted by Crippen LogP contribution is 2.29. The molecule has 0 aromatic carbocycles. The monoisotopic (exact) mass is 385 g/mol. The molecule has 3 rings (SSSR count). The van der Waals surface area contributed by atoms with Crippen LogP contribution in [0, 0.1) is 5.92 Å². The molecule has 1 amide bonds. The van der Waals surface area contributed by atoms with Crippen molar-refractivity contribution in [2.75, 3.05) is 33.2 Å². The lowest BCUT2D eigenvalue weighted by atomic mass is 10.0. The van der Waals surface area contributed by atoms with Crippen LogP contribution in [0.25, 0.3) is 0 Å². The van der Waals surface area contributed by atoms with E-state index in [1.807, 2.05) is 11.9 Å². The predicted molar refractivity (Wildman–Crippen MR) is 99.5 cm³/mol. The second-order valence-electron chi connectivity index (χ2n) is 7.08. The Morgan fingerprint density at radius 2 is 1.92 bits per heavy atom. The zero-order chi connectivity index (χ0) is 18.0. The standard InChI is InChI=1S/C17H27N3O3S2/c1-13-7-10-20(11-8-13)25(22,23)16-6-5-15(24-16)17(21)19-9-3-4-14(12-19)18-2/h5-6,13-14,18H,3-4,7-12H2,1-2H3. The third-order valence-electron chi connectivity index (χ3n) is 5.25. The largest absolute Gasteiger partial charge is 0.336 e. The quantitative estimate of drug-likeness (QED) is 0.861. The van der Waals surface area contributed by atoms with E-state index in [2.05, 4.69) is 12.2 Å². The number of likely N-dealkylation sites (tertiary alicyclic amines) is 1. The SMILES string of the molecule is CNC1CCCN(C(=O)c2ccc(S(=O)(=O)N3CCC(C)CC3)s2)C1. The maximum atomic E-state index is 12.8. The topological polar surface area (TPSA) is 69.7 Å². The first-order valence-corrected chi connectivity index (χ1v) is 11.2. The molecule has 1 atom stereocenters. The first kappa shape index (κ1) is 18.8. The number of likely N-dealkylation sites (N-methyl/N-ethyl adjacent to an activating group) is 1. The highest BCUT2D eigenvalue weighted by molar-refractivity contribution is 7.91. The molecule has 25 heavy (non-hydrogen) atoms. The molecule has 0 bridgehead atoms. The average molecular weight is 386 g/mol. The Bertz CT molecular complexity index is 708. The average Bonchev–Trinajstić information content (AvgIpc) is 3.12. The minimum absolute atomic E-state index is 0.0568. The second kappa shape index (κ2) is 7.73. The summed E-state index contributed by atoms with van der Waals surface area (Å²) in [6.45, 7) is 4.71. The summed E-state index contributed by atoms with van der Waals surface area (Å²) >= 11 is 1.10. The minimum atomic E-state index is -3.48. The number of thiophene rings is 1. The van der Waals surface area contributed by atoms with Crippen molar-refractivity contribution in [1.29, 1.82) is 0 Å². The van der Waals surface area contributed by atoms with Gasteiger partial charge in [-0.05, 0) is 50.8 Å². The van der Waals surface area contributed by atoms with Crippen LogP contribution >= 0.6 is 11.3 Å². The van der Waals surface area contributed by atoms with Gasteiger partial charge in [0.15, 0.2) is 0 Å². The van der Waals surface area contributed by atoms with Crippen LogP contribution in [0.3, 0.4) is 0 Å². The first-order valence-electron chi connectivity index (χ1n) is 8.98. The summed E-state index contributed by atoms with van der Waals surface area (Å²) in [5.41, 5.74) is 0. The fourth-order valence-corrected chi connectivity index (χ4v) is 6.38. The summed E-state index contributed by atoms with van der Waals surface area (Å²) in [4.78, 5) is 15.1. The first-order chi connectivity index (χ1) is 11.9. The van der Waals surface area contributed by atoms with Gasteiger partial charge in [0.1, 0.15) is 4.21 Å². The van der Waals surface area contributed by atoms with Gasteiger partial charge in [-0.25, -0.2) is 8.42 Å². The Balaban J connectivity index is 1.72. The van der Waals surface area contributed by atoms with Crippen molar-refractivity contribution in [3.63, 3.8) is 0 Å². The number of carbonyl (C=O) groups excluding carboxylic acids is 1. The van der Waals surface area contributed by atoms with Crippen molar-refractivity contribution in [3.8, 4) is 0 Å². The van der Waals surface area contributed by atoms with Gasteiger partial charge in [-0.3, -0.25) is 4.79 Å². The van der Waals surface area contributed by atoms with E-state index < -0.39 is 10.0 Å². The highest BCUT2D eigenvalue weighted by Gasteiger charge is 2.31. The van der Waals surface area contributed by atoms with E-state index in [9.17, 15) is 13.2 Å². The van der Waals surface area contributed by atoms with Crippen molar-refractivity contribution in [2.45, 2.75) is 42.9 Å². The molecule has 6 nitrogen and oxygen atoms in total. The zero-order valence-electron chi connectivity index (χ0n) is 14.9. The molecule has 1 N–H and O–H groups in total. The van der Waals surface area contributed by atoms with Gasteiger partial charge in [0.2, 0.25) is 0 Å². The molecule has 2 saturated heterocycles. The van der Waals surface area contributed by atoms with Gasteiger partial charge in [0.25, 0.3) is 15.9 Å². The minimum Gasteiger partial charge on any atom is -0.336 e. The molecule has 2 aliphatic heterocycles. The van der Waals surface area contributed by atoms with Crippen LogP contribution < -0.4 is 5.32 Å². The van der Waals surface area contributed by atoms with Crippen molar-refractivity contribution < 1.29 is 13.2 Å². The van der Waals surface area contributed by atoms with Gasteiger partial charge < -0.3 is 10.2 Å². The van der Waals surface area contributed by atoms with Crippen molar-refractivity contribution in [3.05, 3.63) is 17.0 Å². The Hall–Kier alpha value is -0.960. The number of nitrogens with zero attached hydrogens (tertiary/aromatic N) is 2. The van der Waals surface area contributed by atoms with Crippen LogP contribution in [0.4, 0.5) is 0 Å². The third-order valence-corrected chi connectivity index (χ3v) is 8.69. The van der Waals surface area contributed by atoms with Crippen LogP contribution in [0.15, 0.2) is 16.3 Å². The Morgan fingerprint density at radius 3 is 2.60 bits per heavy atom. The van der Waals surface area contributed by atoms with E-state index >= 15 is 0 Å². The van der Waals surface area contributed by atoms with Gasteiger partial charge in [-0.2, -0.15) is 4.31 Å². The molecule has 8 heteroatoms. The van der Waals surface area contributed by atoms with Gasteiger partial charge in [-0.1, -0.05) is 6.92 Å². The van der Waals surface area contributed by atoms with E-state index in [1.54, 1.807) is 16.4 Å². The Kier molecular flexibility index (Phi) is 5.82. The number of rotatable bonds is 4. The number of amides is 1. The fourth-order valence-electron chi connectivity index (χ4n) is 3.48. The second-order valence-corrected chi connectivity index (χ2v) is 10.3. The van der Waals surface area contributed by atoms with Gasteiger partial charge >= 0.3 is 0 Å². The van der Waals surface area contributed by atoms with E-state index in [-0.39, 0.29) is 10.1 Å². The molecule has 1 aromatic rings. The van der Waals surface area contributed by atoms with Gasteiger partial charge in [0, 0.05) is 32.2 Å². The fraction of sp³-hybridized carbons (Fsp3) is 0.706. The van der Waals surface area contributed by atoms with Crippen LogP contribution in [-0.2, 0) is 10.0 Å². The van der Waals surface area contributed by atoms with E-state index in [4.69, 9.17) is 0 Å². The lowest BCUT2D eigenvalue weighted by Gasteiger charge is -2.32. The summed E-state index contributed by atoms with van der Waals surface area (Å²) in [5, 5.41) is 3.22. The molecule has 140 valence electrons. The zero-order valence-corrected chi connectivity index (χ0v) is 16.5. The lowest BCUT2D eigenvalue weighted by molar-refractivity contribution is 0.0703. The van der Waals surface area contributed by atoms with Gasteiger partial charge in [0.05, 0.1) is 4.88 Å². The summed E-state index contributed by atoms with van der Waals surface area (Å²) < 4.78 is 27.5. The van der Waals surface area contributed by atoms with Crippen LogP contribution in [0.5, 0.6) is 0 Å². The van der Waals surface area contributed by atoms with E-state index in [0.29, 0.717) is 36.5 Å². The number of piperidine rings is 2. The normalized spacial score (nSPS) is 23.8. The number of hydrogen-bond donors (Lipinski definition) is 1. The Labute approximate surface area is 154 Å². The molecular weight excluding hydrogens is 358 g/mol. The predicted octanol–water partition coefficient (Wildman–Crippen LogP) is 1.99. The molecule has 1 unspecified atom stereocenters. The molecule has 0 saturated carbocycles. The molecule has 0 aliphatic carbocycles. The van der Waals surface area contributed by atoms with Crippen LogP contribution in [0.1, 0.15) is 42.3 Å². The Morgan fingerprint density at radius 1 is 1.20 bits per heavy atom. The van der Waals surface area contributed by atoms with Crippen molar-refractivity contribution >= 4 is 27.3 Å². The molecule has 2 aliphatic rings. The van der Waals surface area contributed by atoms with Gasteiger partial charge in [-0.15, -0.1) is 11.3 Å². The molecule has 0 spiro atoms. The van der Waals surface area contributed by atoms with Crippen LogP contribution in [0.2, 0.25) is 0 Å². The summed E-state index contributed by atoms with van der Waals surface area (Å²) in [6, 6.07) is 3.57. The maximum Gasteiger partial charge on any atom is 0.264 e. The van der Waals surface area contributed by atoms with E-state index in [1.165, 1.54) is 0 Å². The van der Waals surface area contributed by atoms with Crippen LogP contribution in [-0.4, -0.2) is 62.8 Å². The van der Waals surface area contributed by atoms with Crippen molar-refractivity contribution in [2.24, 2.45) is 5.92 Å². The van der Waals surface area contributed by atoms with Crippen molar-refractivity contribution in [1.82, 2.24) is 14.5 Å². The number of hydrogen-bond acceptors (Lipinski definition) is 5. The molecule has 0 radical (unpaired) electrons. The number of nitrogens with one attached hydrogen (secondary N) is 1. The molecule has 1 aromatic heterocycles. The lowest BCUT2D eigenvalue weighted by Crippen LogP contribution is -2.46.